The third kappa shape index (κ3) is 3.58. The zero-order valence-electron chi connectivity index (χ0n) is 11.5. The summed E-state index contributed by atoms with van der Waals surface area (Å²) in [4.78, 5) is 12.1. The van der Waals surface area contributed by atoms with Crippen molar-refractivity contribution in [3.63, 3.8) is 0 Å². The van der Waals surface area contributed by atoms with Crippen LogP contribution in [-0.2, 0) is 14.8 Å². The van der Waals surface area contributed by atoms with E-state index in [-0.39, 0.29) is 16.6 Å². The predicted octanol–water partition coefficient (Wildman–Crippen LogP) is 2.08. The number of nitrogens with one attached hydrogen (secondary N) is 1. The first-order valence-corrected chi connectivity index (χ1v) is 8.26. The second-order valence-corrected chi connectivity index (χ2v) is 6.79. The van der Waals surface area contributed by atoms with Crippen molar-refractivity contribution in [2.45, 2.75) is 43.1 Å². The van der Waals surface area contributed by atoms with E-state index < -0.39 is 16.0 Å². The van der Waals surface area contributed by atoms with Gasteiger partial charge in [0.1, 0.15) is 6.10 Å². The average Bonchev–Trinajstić information content (AvgIpc) is 2.48. The minimum Gasteiger partial charge on any atom is -0.459 e. The molecule has 110 valence electrons. The SMILES string of the molecule is CNS(=O)(=O)c1cccc(C(=O)OC2CCCCC2)c1. The minimum atomic E-state index is -3.55. The normalized spacial score (nSPS) is 16.9. The molecule has 0 aromatic heterocycles. The molecule has 1 aromatic rings. The van der Waals surface area contributed by atoms with Gasteiger partial charge >= 0.3 is 5.97 Å². The molecule has 1 aliphatic rings. The summed E-state index contributed by atoms with van der Waals surface area (Å²) in [6.45, 7) is 0. The fourth-order valence-corrected chi connectivity index (χ4v) is 3.09. The Kier molecular flexibility index (Phi) is 4.77. The fourth-order valence-electron chi connectivity index (χ4n) is 2.31. The zero-order valence-corrected chi connectivity index (χ0v) is 12.3. The van der Waals surface area contributed by atoms with Gasteiger partial charge in [0.15, 0.2) is 0 Å². The second-order valence-electron chi connectivity index (χ2n) is 4.90. The predicted molar refractivity (Wildman–Crippen MR) is 75.0 cm³/mol. The van der Waals surface area contributed by atoms with Crippen LogP contribution < -0.4 is 4.72 Å². The highest BCUT2D eigenvalue weighted by molar-refractivity contribution is 7.89. The summed E-state index contributed by atoms with van der Waals surface area (Å²) in [6.07, 6.45) is 5.07. The van der Waals surface area contributed by atoms with Crippen LogP contribution in [0.5, 0.6) is 0 Å². The molecule has 6 heteroatoms. The van der Waals surface area contributed by atoms with E-state index in [0.29, 0.717) is 0 Å². The van der Waals surface area contributed by atoms with Crippen LogP contribution in [-0.4, -0.2) is 27.5 Å². The maximum atomic E-state index is 12.0. The zero-order chi connectivity index (χ0) is 14.6. The van der Waals surface area contributed by atoms with E-state index in [2.05, 4.69) is 4.72 Å². The number of benzene rings is 1. The van der Waals surface area contributed by atoms with Gasteiger partial charge < -0.3 is 4.74 Å². The smallest absolute Gasteiger partial charge is 0.338 e. The molecule has 2 rings (SSSR count). The fraction of sp³-hybridized carbons (Fsp3) is 0.500. The van der Waals surface area contributed by atoms with E-state index in [1.807, 2.05) is 0 Å². The van der Waals surface area contributed by atoms with Crippen molar-refractivity contribution >= 4 is 16.0 Å². The van der Waals surface area contributed by atoms with Crippen LogP contribution >= 0.6 is 0 Å². The summed E-state index contributed by atoms with van der Waals surface area (Å²) >= 11 is 0. The molecule has 1 aliphatic carbocycles. The lowest BCUT2D eigenvalue weighted by molar-refractivity contribution is 0.0211. The van der Waals surface area contributed by atoms with Crippen LogP contribution in [0.2, 0.25) is 0 Å². The second kappa shape index (κ2) is 6.37. The van der Waals surface area contributed by atoms with Crippen LogP contribution in [0.15, 0.2) is 29.2 Å². The number of sulfonamides is 1. The molecule has 5 nitrogen and oxygen atoms in total. The van der Waals surface area contributed by atoms with Gasteiger partial charge in [0.2, 0.25) is 10.0 Å². The van der Waals surface area contributed by atoms with E-state index in [9.17, 15) is 13.2 Å². The highest BCUT2D eigenvalue weighted by atomic mass is 32.2. The molecule has 0 radical (unpaired) electrons. The summed E-state index contributed by atoms with van der Waals surface area (Å²) in [5.74, 6) is -0.454. The lowest BCUT2D eigenvalue weighted by Crippen LogP contribution is -2.22. The molecule has 0 spiro atoms. The van der Waals surface area contributed by atoms with Gasteiger partial charge in [0.25, 0.3) is 0 Å². The molecule has 0 unspecified atom stereocenters. The monoisotopic (exact) mass is 297 g/mol. The first kappa shape index (κ1) is 15.0. The minimum absolute atomic E-state index is 0.0409. The topological polar surface area (TPSA) is 72.5 Å². The largest absolute Gasteiger partial charge is 0.459 e. The number of hydrogen-bond acceptors (Lipinski definition) is 4. The van der Waals surface area contributed by atoms with Crippen molar-refractivity contribution in [2.24, 2.45) is 0 Å². The van der Waals surface area contributed by atoms with E-state index >= 15 is 0 Å². The third-order valence-corrected chi connectivity index (χ3v) is 4.89. The standard InChI is InChI=1S/C14H19NO4S/c1-15-20(17,18)13-9-5-6-11(10-13)14(16)19-12-7-3-2-4-8-12/h5-6,9-10,12,15H,2-4,7-8H2,1H3. The molecule has 0 amide bonds. The quantitative estimate of drug-likeness (QED) is 0.864. The summed E-state index contributed by atoms with van der Waals surface area (Å²) in [5, 5.41) is 0. The van der Waals surface area contributed by atoms with E-state index in [4.69, 9.17) is 4.74 Å². The van der Waals surface area contributed by atoms with Crippen LogP contribution in [0.3, 0.4) is 0 Å². The lowest BCUT2D eigenvalue weighted by Gasteiger charge is -2.21. The molecule has 1 saturated carbocycles. The third-order valence-electron chi connectivity index (χ3n) is 3.47. The average molecular weight is 297 g/mol. The van der Waals surface area contributed by atoms with Gasteiger partial charge in [-0.25, -0.2) is 17.9 Å². The molecule has 1 fully saturated rings. The Labute approximate surface area is 119 Å². The maximum Gasteiger partial charge on any atom is 0.338 e. The van der Waals surface area contributed by atoms with Gasteiger partial charge in [-0.05, 0) is 50.9 Å². The summed E-state index contributed by atoms with van der Waals surface area (Å²) in [6, 6.07) is 5.90. The number of esters is 1. The maximum absolute atomic E-state index is 12.0. The van der Waals surface area contributed by atoms with Gasteiger partial charge in [-0.2, -0.15) is 0 Å². The van der Waals surface area contributed by atoms with Crippen molar-refractivity contribution in [3.8, 4) is 0 Å². The highest BCUT2D eigenvalue weighted by Crippen LogP contribution is 2.22. The molecule has 1 aromatic carbocycles. The molecule has 1 N–H and O–H groups in total. The number of ether oxygens (including phenoxy) is 1. The molecular weight excluding hydrogens is 278 g/mol. The molecule has 0 saturated heterocycles. The lowest BCUT2D eigenvalue weighted by atomic mass is 9.98. The molecule has 0 atom stereocenters. The van der Waals surface area contributed by atoms with Crippen molar-refractivity contribution in [1.82, 2.24) is 4.72 Å². The molecule has 0 bridgehead atoms. The van der Waals surface area contributed by atoms with Crippen LogP contribution in [0.1, 0.15) is 42.5 Å². The van der Waals surface area contributed by atoms with Gasteiger partial charge in [-0.3, -0.25) is 0 Å². The Balaban J connectivity index is 2.12. The van der Waals surface area contributed by atoms with E-state index in [1.165, 1.54) is 25.6 Å². The molecule has 20 heavy (non-hydrogen) atoms. The molecule has 0 heterocycles. The van der Waals surface area contributed by atoms with E-state index in [1.54, 1.807) is 12.1 Å². The summed E-state index contributed by atoms with van der Waals surface area (Å²) in [7, 11) is -2.21. The van der Waals surface area contributed by atoms with Crippen molar-refractivity contribution in [1.29, 1.82) is 0 Å². The van der Waals surface area contributed by atoms with Crippen LogP contribution in [0.4, 0.5) is 0 Å². The van der Waals surface area contributed by atoms with Gasteiger partial charge in [0, 0.05) is 0 Å². The number of carbonyl (C=O) groups excluding carboxylic acids is 1. The van der Waals surface area contributed by atoms with E-state index in [0.717, 1.165) is 25.7 Å². The molecular formula is C14H19NO4S. The number of carbonyl (C=O) groups is 1. The van der Waals surface area contributed by atoms with Crippen molar-refractivity contribution < 1.29 is 17.9 Å². The van der Waals surface area contributed by atoms with Gasteiger partial charge in [-0.15, -0.1) is 0 Å². The summed E-state index contributed by atoms with van der Waals surface area (Å²) in [5.41, 5.74) is 0.270. The first-order chi connectivity index (χ1) is 9.53. The Hall–Kier alpha value is -1.40. The van der Waals surface area contributed by atoms with Crippen LogP contribution in [0, 0.1) is 0 Å². The van der Waals surface area contributed by atoms with Gasteiger partial charge in [-0.1, -0.05) is 12.5 Å². The summed E-state index contributed by atoms with van der Waals surface area (Å²) < 4.78 is 31.1. The Morgan fingerprint density at radius 2 is 1.95 bits per heavy atom. The number of rotatable bonds is 4. The highest BCUT2D eigenvalue weighted by Gasteiger charge is 2.20. The Morgan fingerprint density at radius 1 is 1.25 bits per heavy atom. The number of hydrogen-bond donors (Lipinski definition) is 1. The van der Waals surface area contributed by atoms with Crippen molar-refractivity contribution in [2.75, 3.05) is 7.05 Å². The van der Waals surface area contributed by atoms with Gasteiger partial charge in [0.05, 0.1) is 10.5 Å². The Bertz CT molecular complexity index is 577. The Morgan fingerprint density at radius 3 is 2.60 bits per heavy atom. The molecule has 0 aliphatic heterocycles. The van der Waals surface area contributed by atoms with Crippen molar-refractivity contribution in [3.05, 3.63) is 29.8 Å². The first-order valence-electron chi connectivity index (χ1n) is 6.77. The van der Waals surface area contributed by atoms with Crippen LogP contribution in [0.25, 0.3) is 0 Å².